The second-order valence-electron chi connectivity index (χ2n) is 6.01. The Hall–Kier alpha value is -1.96. The molecule has 0 amide bonds. The fraction of sp³-hybridized carbons (Fsp3) is 0.222. The lowest BCUT2D eigenvalue weighted by molar-refractivity contribution is 0.528. The molecule has 1 aromatic carbocycles. The van der Waals surface area contributed by atoms with Gasteiger partial charge in [0.25, 0.3) is 0 Å². The third-order valence-corrected chi connectivity index (χ3v) is 6.78. The van der Waals surface area contributed by atoms with E-state index in [1.807, 2.05) is 24.3 Å². The van der Waals surface area contributed by atoms with Crippen LogP contribution in [0.3, 0.4) is 0 Å². The zero-order chi connectivity index (χ0) is 17.5. The van der Waals surface area contributed by atoms with Crippen molar-refractivity contribution in [1.29, 1.82) is 0 Å². The topological polar surface area (TPSA) is 64.7 Å². The fourth-order valence-corrected chi connectivity index (χ4v) is 5.44. The van der Waals surface area contributed by atoms with Gasteiger partial charge in [-0.2, -0.15) is 0 Å². The van der Waals surface area contributed by atoms with E-state index in [0.717, 1.165) is 28.3 Å². The maximum absolute atomic E-state index is 5.92. The lowest BCUT2D eigenvalue weighted by Gasteiger charge is -2.01. The van der Waals surface area contributed by atoms with Crippen LogP contribution in [0.15, 0.2) is 40.0 Å². The van der Waals surface area contributed by atoms with E-state index in [-0.39, 0.29) is 0 Å². The Morgan fingerprint density at radius 1 is 1.12 bits per heavy atom. The van der Waals surface area contributed by atoms with Crippen LogP contribution in [0, 0.1) is 0 Å². The molecular formula is C18H13ClN4OS2. The van der Waals surface area contributed by atoms with Gasteiger partial charge < -0.3 is 4.42 Å². The van der Waals surface area contributed by atoms with Crippen LogP contribution in [0.25, 0.3) is 21.7 Å². The monoisotopic (exact) mass is 400 g/mol. The quantitative estimate of drug-likeness (QED) is 0.347. The van der Waals surface area contributed by atoms with Crippen molar-refractivity contribution in [3.63, 3.8) is 0 Å². The molecule has 0 saturated heterocycles. The smallest absolute Gasteiger partial charge is 0.247 e. The van der Waals surface area contributed by atoms with Gasteiger partial charge in [-0.25, -0.2) is 9.97 Å². The van der Waals surface area contributed by atoms with Gasteiger partial charge in [0.2, 0.25) is 11.8 Å². The third kappa shape index (κ3) is 2.90. The predicted molar refractivity (Wildman–Crippen MR) is 104 cm³/mol. The summed E-state index contributed by atoms with van der Waals surface area (Å²) in [5.41, 5.74) is 2.29. The highest BCUT2D eigenvalue weighted by Crippen LogP contribution is 2.40. The molecule has 5 rings (SSSR count). The molecule has 1 aliphatic rings. The summed E-state index contributed by atoms with van der Waals surface area (Å²) < 4.78 is 5.79. The van der Waals surface area contributed by atoms with Gasteiger partial charge in [-0.3, -0.25) is 0 Å². The molecule has 5 nitrogen and oxygen atoms in total. The van der Waals surface area contributed by atoms with Crippen LogP contribution in [-0.2, 0) is 18.6 Å². The molecule has 0 radical (unpaired) electrons. The first-order valence-corrected chi connectivity index (χ1v) is 10.4. The number of halogens is 1. The molecule has 3 aromatic heterocycles. The molecule has 0 aliphatic heterocycles. The fourth-order valence-electron chi connectivity index (χ4n) is 3.16. The molecule has 0 N–H and O–H groups in total. The highest BCUT2D eigenvalue weighted by atomic mass is 35.5. The van der Waals surface area contributed by atoms with Crippen LogP contribution in [0.1, 0.15) is 22.8 Å². The van der Waals surface area contributed by atoms with E-state index in [1.165, 1.54) is 22.2 Å². The molecule has 8 heteroatoms. The van der Waals surface area contributed by atoms with Crippen molar-refractivity contribution in [2.24, 2.45) is 0 Å². The molecular weight excluding hydrogens is 388 g/mol. The predicted octanol–water partition coefficient (Wildman–Crippen LogP) is 5.18. The van der Waals surface area contributed by atoms with Crippen molar-refractivity contribution in [1.82, 2.24) is 20.2 Å². The molecule has 4 aromatic rings. The average molecular weight is 401 g/mol. The van der Waals surface area contributed by atoms with E-state index in [9.17, 15) is 0 Å². The Kier molecular flexibility index (Phi) is 4.15. The Labute approximate surface area is 162 Å². The van der Waals surface area contributed by atoms with Crippen molar-refractivity contribution < 1.29 is 4.42 Å². The molecule has 1 aliphatic carbocycles. The molecule has 0 fully saturated rings. The van der Waals surface area contributed by atoms with Gasteiger partial charge in [0.15, 0.2) is 0 Å². The van der Waals surface area contributed by atoms with Gasteiger partial charge in [0.05, 0.1) is 5.75 Å². The molecule has 0 spiro atoms. The van der Waals surface area contributed by atoms with Gasteiger partial charge in [0.1, 0.15) is 16.2 Å². The highest BCUT2D eigenvalue weighted by molar-refractivity contribution is 7.98. The van der Waals surface area contributed by atoms with Crippen LogP contribution in [0.5, 0.6) is 0 Å². The van der Waals surface area contributed by atoms with Crippen molar-refractivity contribution >= 4 is 44.9 Å². The van der Waals surface area contributed by atoms with Crippen molar-refractivity contribution in [3.05, 3.63) is 51.9 Å². The van der Waals surface area contributed by atoms with Crippen molar-refractivity contribution in [3.8, 4) is 11.5 Å². The summed E-state index contributed by atoms with van der Waals surface area (Å²) in [4.78, 5) is 11.5. The van der Waals surface area contributed by atoms with Gasteiger partial charge in [-0.1, -0.05) is 23.4 Å². The minimum atomic E-state index is 0.501. The summed E-state index contributed by atoms with van der Waals surface area (Å²) in [5.74, 6) is 1.66. The van der Waals surface area contributed by atoms with E-state index in [0.29, 0.717) is 22.6 Å². The third-order valence-electron chi connectivity index (χ3n) is 4.36. The van der Waals surface area contributed by atoms with Crippen molar-refractivity contribution in [2.45, 2.75) is 30.0 Å². The molecule has 0 atom stereocenters. The molecule has 3 heterocycles. The molecule has 130 valence electrons. The Morgan fingerprint density at radius 3 is 2.88 bits per heavy atom. The Balaban J connectivity index is 1.39. The highest BCUT2D eigenvalue weighted by Gasteiger charge is 2.21. The van der Waals surface area contributed by atoms with Gasteiger partial charge in [0, 0.05) is 20.8 Å². The first-order valence-electron chi connectivity index (χ1n) is 8.24. The van der Waals surface area contributed by atoms with E-state index in [1.54, 1.807) is 29.4 Å². The second kappa shape index (κ2) is 6.64. The number of thiophene rings is 1. The molecule has 0 bridgehead atoms. The maximum atomic E-state index is 5.92. The van der Waals surface area contributed by atoms with Crippen LogP contribution < -0.4 is 0 Å². The summed E-state index contributed by atoms with van der Waals surface area (Å²) in [6.45, 7) is 0. The summed E-state index contributed by atoms with van der Waals surface area (Å²) in [6.07, 6.45) is 5.15. The largest absolute Gasteiger partial charge is 0.420 e. The lowest BCUT2D eigenvalue weighted by Crippen LogP contribution is -1.88. The summed E-state index contributed by atoms with van der Waals surface area (Å²) in [6, 6.07) is 7.36. The maximum Gasteiger partial charge on any atom is 0.247 e. The first-order chi connectivity index (χ1) is 12.8. The number of aromatic nitrogens is 4. The van der Waals surface area contributed by atoms with E-state index in [4.69, 9.17) is 16.0 Å². The first kappa shape index (κ1) is 16.2. The summed E-state index contributed by atoms with van der Waals surface area (Å²) in [5, 5.41) is 11.2. The van der Waals surface area contributed by atoms with Gasteiger partial charge >= 0.3 is 0 Å². The second-order valence-corrected chi connectivity index (χ2v) is 8.50. The summed E-state index contributed by atoms with van der Waals surface area (Å²) in [7, 11) is 0. The van der Waals surface area contributed by atoms with Crippen LogP contribution in [-0.4, -0.2) is 20.2 Å². The van der Waals surface area contributed by atoms with Crippen molar-refractivity contribution in [2.75, 3.05) is 0 Å². The summed E-state index contributed by atoms with van der Waals surface area (Å²) >= 11 is 9.34. The zero-order valence-corrected chi connectivity index (χ0v) is 16.0. The number of fused-ring (bicyclic) bond motifs is 3. The number of hydrogen-bond donors (Lipinski definition) is 0. The molecule has 26 heavy (non-hydrogen) atoms. The number of rotatable bonds is 4. The minimum Gasteiger partial charge on any atom is -0.420 e. The molecule has 0 unspecified atom stereocenters. The van der Waals surface area contributed by atoms with Gasteiger partial charge in [-0.15, -0.1) is 21.5 Å². The molecule has 0 saturated carbocycles. The van der Waals surface area contributed by atoms with Gasteiger partial charge in [-0.05, 0) is 49.1 Å². The number of aryl methyl sites for hydroxylation is 2. The minimum absolute atomic E-state index is 0.501. The van der Waals surface area contributed by atoms with Crippen LogP contribution in [0.4, 0.5) is 0 Å². The Bertz CT molecular complexity index is 1090. The number of thioether (sulfide) groups is 1. The SMILES string of the molecule is Clc1ccc(-c2nnc(CSc3ncnc4sc5c(c34)CCC5)o2)cc1. The van der Waals surface area contributed by atoms with E-state index < -0.39 is 0 Å². The Morgan fingerprint density at radius 2 is 2.00 bits per heavy atom. The number of nitrogens with zero attached hydrogens (tertiary/aromatic N) is 4. The number of benzene rings is 1. The van der Waals surface area contributed by atoms with Crippen LogP contribution >= 0.6 is 34.7 Å². The van der Waals surface area contributed by atoms with E-state index in [2.05, 4.69) is 20.2 Å². The zero-order valence-electron chi connectivity index (χ0n) is 13.6. The standard InChI is InChI=1S/C18H13ClN4OS2/c19-11-6-4-10(5-7-11)16-23-22-14(24-16)8-25-17-15-12-2-1-3-13(12)26-18(15)21-9-20-17/h4-7,9H,1-3,8H2. The number of hydrogen-bond acceptors (Lipinski definition) is 7. The normalized spacial score (nSPS) is 13.4. The average Bonchev–Trinajstić information content (AvgIpc) is 3.36. The van der Waals surface area contributed by atoms with E-state index >= 15 is 0 Å². The van der Waals surface area contributed by atoms with Crippen LogP contribution in [0.2, 0.25) is 5.02 Å². The lowest BCUT2D eigenvalue weighted by atomic mass is 10.2.